The Labute approximate surface area is 106 Å². The topological polar surface area (TPSA) is 37.8 Å². The van der Waals surface area contributed by atoms with Gasteiger partial charge in [0.1, 0.15) is 16.8 Å². The van der Waals surface area contributed by atoms with Crippen LogP contribution in [0.1, 0.15) is 26.1 Å². The van der Waals surface area contributed by atoms with Crippen LogP contribution >= 0.6 is 23.4 Å². The van der Waals surface area contributed by atoms with E-state index in [0.29, 0.717) is 11.2 Å². The summed E-state index contributed by atoms with van der Waals surface area (Å²) in [6, 6.07) is 2.18. The van der Waals surface area contributed by atoms with Crippen LogP contribution in [0.3, 0.4) is 0 Å². The Kier molecular flexibility index (Phi) is 5.91. The number of thioether (sulfide) groups is 1. The number of halogens is 1. The molecule has 3 nitrogen and oxygen atoms in total. The molecule has 0 aliphatic carbocycles. The zero-order valence-corrected chi connectivity index (χ0v) is 11.5. The van der Waals surface area contributed by atoms with Gasteiger partial charge in [-0.25, -0.2) is 9.97 Å². The predicted octanol–water partition coefficient (Wildman–Crippen LogP) is 3.25. The molecule has 0 saturated heterocycles. The summed E-state index contributed by atoms with van der Waals surface area (Å²) in [6.07, 6.45) is 4.03. The maximum atomic E-state index is 5.92. The molecule has 1 atom stereocenters. The normalized spacial score (nSPS) is 12.5. The average molecular weight is 260 g/mol. The van der Waals surface area contributed by atoms with Gasteiger partial charge in [-0.05, 0) is 25.4 Å². The van der Waals surface area contributed by atoms with Gasteiger partial charge in [-0.2, -0.15) is 11.8 Å². The fourth-order valence-electron chi connectivity index (χ4n) is 1.32. The summed E-state index contributed by atoms with van der Waals surface area (Å²) in [7, 11) is 0. The van der Waals surface area contributed by atoms with E-state index in [0.717, 1.165) is 30.2 Å². The highest BCUT2D eigenvalue weighted by Crippen LogP contribution is 2.14. The van der Waals surface area contributed by atoms with Crippen LogP contribution in [0.15, 0.2) is 6.07 Å². The predicted molar refractivity (Wildman–Crippen MR) is 72.5 cm³/mol. The van der Waals surface area contributed by atoms with Gasteiger partial charge < -0.3 is 5.32 Å². The van der Waals surface area contributed by atoms with Gasteiger partial charge in [0.15, 0.2) is 0 Å². The lowest BCUT2D eigenvalue weighted by Gasteiger charge is -2.14. The summed E-state index contributed by atoms with van der Waals surface area (Å²) in [5.41, 5.74) is 0. The number of hydrogen-bond acceptors (Lipinski definition) is 4. The summed E-state index contributed by atoms with van der Waals surface area (Å²) in [5, 5.41) is 3.85. The van der Waals surface area contributed by atoms with Crippen LogP contribution in [0.25, 0.3) is 0 Å². The van der Waals surface area contributed by atoms with E-state index >= 15 is 0 Å². The molecule has 0 aromatic carbocycles. The first-order chi connectivity index (χ1) is 7.65. The second kappa shape index (κ2) is 6.97. The van der Waals surface area contributed by atoms with Crippen LogP contribution in [-0.2, 0) is 6.42 Å². The molecule has 1 N–H and O–H groups in total. The minimum absolute atomic E-state index is 0.406. The second-order valence-electron chi connectivity index (χ2n) is 3.67. The maximum absolute atomic E-state index is 5.92. The van der Waals surface area contributed by atoms with Crippen molar-refractivity contribution in [3.8, 4) is 0 Å². The zero-order chi connectivity index (χ0) is 12.0. The third-order valence-corrected chi connectivity index (χ3v) is 3.04. The van der Waals surface area contributed by atoms with Crippen LogP contribution < -0.4 is 5.32 Å². The number of nitrogens with zero attached hydrogens (tertiary/aromatic N) is 2. The molecule has 90 valence electrons. The molecule has 0 saturated carbocycles. The molecule has 0 aliphatic heterocycles. The van der Waals surface area contributed by atoms with E-state index in [-0.39, 0.29) is 0 Å². The van der Waals surface area contributed by atoms with Crippen molar-refractivity contribution in [1.29, 1.82) is 0 Å². The molecule has 0 spiro atoms. The standard InChI is InChI=1S/C11H18ClN3S/c1-4-10-14-9(12)7-11(15-10)13-8(2)5-6-16-3/h7-8H,4-6H2,1-3H3,(H,13,14,15). The number of rotatable bonds is 6. The van der Waals surface area contributed by atoms with Crippen LogP contribution in [0.4, 0.5) is 5.82 Å². The molecule has 1 aromatic rings. The molecule has 1 heterocycles. The van der Waals surface area contributed by atoms with Gasteiger partial charge in [-0.15, -0.1) is 0 Å². The molecule has 5 heteroatoms. The third-order valence-electron chi connectivity index (χ3n) is 2.21. The first-order valence-corrected chi connectivity index (χ1v) is 7.21. The lowest BCUT2D eigenvalue weighted by molar-refractivity contribution is 0.763. The fraction of sp³-hybridized carbons (Fsp3) is 0.636. The van der Waals surface area contributed by atoms with Gasteiger partial charge in [-0.3, -0.25) is 0 Å². The lowest BCUT2D eigenvalue weighted by atomic mass is 10.2. The van der Waals surface area contributed by atoms with Gasteiger partial charge in [0.05, 0.1) is 0 Å². The molecule has 16 heavy (non-hydrogen) atoms. The highest BCUT2D eigenvalue weighted by molar-refractivity contribution is 7.98. The smallest absolute Gasteiger partial charge is 0.134 e. The first kappa shape index (κ1) is 13.6. The van der Waals surface area contributed by atoms with E-state index in [1.807, 2.05) is 18.7 Å². The lowest BCUT2D eigenvalue weighted by Crippen LogP contribution is -2.17. The minimum Gasteiger partial charge on any atom is -0.367 e. The Morgan fingerprint density at radius 2 is 2.25 bits per heavy atom. The summed E-state index contributed by atoms with van der Waals surface area (Å²) >= 11 is 7.77. The Morgan fingerprint density at radius 1 is 1.50 bits per heavy atom. The van der Waals surface area contributed by atoms with Crippen LogP contribution in [0, 0.1) is 0 Å². The van der Waals surface area contributed by atoms with Gasteiger partial charge >= 0.3 is 0 Å². The van der Waals surface area contributed by atoms with Crippen molar-refractivity contribution in [2.24, 2.45) is 0 Å². The van der Waals surface area contributed by atoms with Crippen molar-refractivity contribution >= 4 is 29.2 Å². The van der Waals surface area contributed by atoms with Crippen molar-refractivity contribution in [3.05, 3.63) is 17.0 Å². The zero-order valence-electron chi connectivity index (χ0n) is 9.96. The number of nitrogens with one attached hydrogen (secondary N) is 1. The monoisotopic (exact) mass is 259 g/mol. The van der Waals surface area contributed by atoms with Crippen molar-refractivity contribution in [1.82, 2.24) is 9.97 Å². The Balaban J connectivity index is 2.61. The molecule has 0 amide bonds. The number of aryl methyl sites for hydroxylation is 1. The van der Waals surface area contributed by atoms with Gasteiger partial charge in [-0.1, -0.05) is 18.5 Å². The van der Waals surface area contributed by atoms with Gasteiger partial charge in [0, 0.05) is 18.5 Å². The van der Waals surface area contributed by atoms with E-state index in [2.05, 4.69) is 28.5 Å². The van der Waals surface area contributed by atoms with E-state index in [1.54, 1.807) is 6.07 Å². The van der Waals surface area contributed by atoms with E-state index in [1.165, 1.54) is 0 Å². The molecule has 0 radical (unpaired) electrons. The second-order valence-corrected chi connectivity index (χ2v) is 5.05. The van der Waals surface area contributed by atoms with Crippen LogP contribution in [0.5, 0.6) is 0 Å². The van der Waals surface area contributed by atoms with Crippen molar-refractivity contribution in [2.45, 2.75) is 32.7 Å². The summed E-state index contributed by atoms with van der Waals surface area (Å²) < 4.78 is 0. The van der Waals surface area contributed by atoms with Crippen molar-refractivity contribution in [3.63, 3.8) is 0 Å². The van der Waals surface area contributed by atoms with E-state index in [9.17, 15) is 0 Å². The molecular formula is C11H18ClN3S. The van der Waals surface area contributed by atoms with Crippen LogP contribution in [0.2, 0.25) is 5.15 Å². The molecule has 0 bridgehead atoms. The molecule has 0 fully saturated rings. The Morgan fingerprint density at radius 3 is 2.88 bits per heavy atom. The maximum Gasteiger partial charge on any atom is 0.134 e. The minimum atomic E-state index is 0.406. The highest BCUT2D eigenvalue weighted by atomic mass is 35.5. The Bertz CT molecular complexity index is 333. The molecule has 1 rings (SSSR count). The average Bonchev–Trinajstić information content (AvgIpc) is 2.25. The van der Waals surface area contributed by atoms with E-state index in [4.69, 9.17) is 11.6 Å². The van der Waals surface area contributed by atoms with Gasteiger partial charge in [0.25, 0.3) is 0 Å². The SMILES string of the molecule is CCc1nc(Cl)cc(NC(C)CCSC)n1. The molecule has 1 unspecified atom stereocenters. The first-order valence-electron chi connectivity index (χ1n) is 5.44. The molecule has 1 aromatic heterocycles. The molecule has 0 aliphatic rings. The fourth-order valence-corrected chi connectivity index (χ4v) is 2.11. The number of aromatic nitrogens is 2. The highest BCUT2D eigenvalue weighted by Gasteiger charge is 2.05. The number of hydrogen-bond donors (Lipinski definition) is 1. The van der Waals surface area contributed by atoms with Gasteiger partial charge in [0.2, 0.25) is 0 Å². The molecular weight excluding hydrogens is 242 g/mol. The Hall–Kier alpha value is -0.480. The third kappa shape index (κ3) is 4.58. The number of anilines is 1. The van der Waals surface area contributed by atoms with Crippen LogP contribution in [-0.4, -0.2) is 28.0 Å². The van der Waals surface area contributed by atoms with Crippen molar-refractivity contribution in [2.75, 3.05) is 17.3 Å². The van der Waals surface area contributed by atoms with E-state index < -0.39 is 0 Å². The quantitative estimate of drug-likeness (QED) is 0.796. The summed E-state index contributed by atoms with van der Waals surface area (Å²) in [6.45, 7) is 4.17. The summed E-state index contributed by atoms with van der Waals surface area (Å²) in [5.74, 6) is 2.76. The summed E-state index contributed by atoms with van der Waals surface area (Å²) in [4.78, 5) is 8.52. The van der Waals surface area contributed by atoms with Crippen molar-refractivity contribution < 1.29 is 0 Å². The largest absolute Gasteiger partial charge is 0.367 e.